The molecular weight excluding hydrogens is 564 g/mol. The molecular formula is C35H43F2N3O4. The molecule has 3 aromatic rings. The van der Waals surface area contributed by atoms with E-state index in [1.807, 2.05) is 6.07 Å². The first kappa shape index (κ1) is 33.2. The molecule has 1 aliphatic heterocycles. The molecule has 236 valence electrons. The molecule has 0 aromatic heterocycles. The summed E-state index contributed by atoms with van der Waals surface area (Å²) in [7, 11) is 0. The number of nitrogens with two attached hydrogens (primary N) is 1. The molecule has 3 aromatic carbocycles. The summed E-state index contributed by atoms with van der Waals surface area (Å²) in [6.07, 6.45) is 0.646. The first-order valence-electron chi connectivity index (χ1n) is 14.9. The Morgan fingerprint density at radius 1 is 0.864 bits per heavy atom. The molecule has 9 heteroatoms. The van der Waals surface area contributed by atoms with E-state index in [0.717, 1.165) is 16.7 Å². The second-order valence-electron chi connectivity index (χ2n) is 13.4. The molecule has 0 amide bonds. The monoisotopic (exact) mass is 607 g/mol. The van der Waals surface area contributed by atoms with Crippen molar-refractivity contribution >= 4 is 11.9 Å². The summed E-state index contributed by atoms with van der Waals surface area (Å²) in [5.41, 5.74) is 9.11. The standard InChI is InChI=1S/C35H43F2N3O4/c1-34(2,3)43-32(41)26-16-25(17-27(18-26)33(42)44-35(4,5)6)31(38)39-13-14-40-21-23-9-12-29(37)19-24(23)20-30(40)15-22-7-10-28(36)11-8-22/h7-12,16-19,30-31,39H,13-15,20-21,38H2,1-6H3. The minimum Gasteiger partial charge on any atom is -0.456 e. The number of nitrogens with zero attached hydrogens (tertiary/aromatic N) is 1. The van der Waals surface area contributed by atoms with Crippen LogP contribution in [0.15, 0.2) is 60.7 Å². The predicted octanol–water partition coefficient (Wildman–Crippen LogP) is 6.09. The van der Waals surface area contributed by atoms with Crippen LogP contribution in [0, 0.1) is 11.6 Å². The highest BCUT2D eigenvalue weighted by molar-refractivity contribution is 5.96. The maximum Gasteiger partial charge on any atom is 0.338 e. The number of esters is 2. The highest BCUT2D eigenvalue weighted by Crippen LogP contribution is 2.27. The number of carbonyl (C=O) groups is 2. The van der Waals surface area contributed by atoms with Crippen molar-refractivity contribution in [3.63, 3.8) is 0 Å². The molecule has 0 saturated heterocycles. The van der Waals surface area contributed by atoms with Crippen molar-refractivity contribution < 1.29 is 27.8 Å². The lowest BCUT2D eigenvalue weighted by atomic mass is 9.90. The van der Waals surface area contributed by atoms with E-state index in [4.69, 9.17) is 15.2 Å². The van der Waals surface area contributed by atoms with Crippen LogP contribution >= 0.6 is 0 Å². The number of fused-ring (bicyclic) bond motifs is 1. The van der Waals surface area contributed by atoms with Crippen LogP contribution in [0.3, 0.4) is 0 Å². The van der Waals surface area contributed by atoms with E-state index in [-0.39, 0.29) is 28.8 Å². The summed E-state index contributed by atoms with van der Waals surface area (Å²) < 4.78 is 38.7. The van der Waals surface area contributed by atoms with Gasteiger partial charge in [0.1, 0.15) is 22.8 Å². The van der Waals surface area contributed by atoms with Gasteiger partial charge in [-0.25, -0.2) is 18.4 Å². The van der Waals surface area contributed by atoms with Crippen LogP contribution in [0.4, 0.5) is 8.78 Å². The Bertz CT molecular complexity index is 1430. The highest BCUT2D eigenvalue weighted by atomic mass is 19.1. The zero-order valence-corrected chi connectivity index (χ0v) is 26.4. The number of benzene rings is 3. The van der Waals surface area contributed by atoms with Gasteiger partial charge in [-0.15, -0.1) is 0 Å². The number of carbonyl (C=O) groups excluding carboxylic acids is 2. The third-order valence-corrected chi connectivity index (χ3v) is 7.25. The molecule has 7 nitrogen and oxygen atoms in total. The lowest BCUT2D eigenvalue weighted by Crippen LogP contribution is -2.45. The topological polar surface area (TPSA) is 93.9 Å². The second kappa shape index (κ2) is 13.5. The molecule has 0 spiro atoms. The summed E-state index contributed by atoms with van der Waals surface area (Å²) in [4.78, 5) is 28.2. The molecule has 0 radical (unpaired) electrons. The van der Waals surface area contributed by atoms with Gasteiger partial charge >= 0.3 is 11.9 Å². The molecule has 0 bridgehead atoms. The second-order valence-corrected chi connectivity index (χ2v) is 13.4. The molecule has 2 atom stereocenters. The Kier molecular flexibility index (Phi) is 10.2. The molecule has 2 unspecified atom stereocenters. The van der Waals surface area contributed by atoms with Gasteiger partial charge < -0.3 is 15.2 Å². The zero-order valence-electron chi connectivity index (χ0n) is 26.4. The molecule has 0 aliphatic carbocycles. The van der Waals surface area contributed by atoms with Gasteiger partial charge in [-0.3, -0.25) is 10.2 Å². The molecule has 44 heavy (non-hydrogen) atoms. The SMILES string of the molecule is CC(C)(C)OC(=O)c1cc(C(=O)OC(C)(C)C)cc(C(N)NCCN2Cc3ccc(F)cc3CC2Cc2ccc(F)cc2)c1. The number of rotatable bonds is 9. The van der Waals surface area contributed by atoms with Crippen LogP contribution < -0.4 is 11.1 Å². The maximum absolute atomic E-state index is 14.0. The van der Waals surface area contributed by atoms with E-state index < -0.39 is 29.3 Å². The van der Waals surface area contributed by atoms with Crippen molar-refractivity contribution in [3.8, 4) is 0 Å². The summed E-state index contributed by atoms with van der Waals surface area (Å²) in [5, 5.41) is 3.32. The molecule has 4 rings (SSSR count). The van der Waals surface area contributed by atoms with Gasteiger partial charge in [0.05, 0.1) is 17.3 Å². The normalized spacial score (nSPS) is 16.2. The van der Waals surface area contributed by atoms with Crippen LogP contribution in [-0.4, -0.2) is 47.2 Å². The van der Waals surface area contributed by atoms with Gasteiger partial charge in [0.2, 0.25) is 0 Å². The average Bonchev–Trinajstić information content (AvgIpc) is 2.92. The fraction of sp³-hybridized carbons (Fsp3) is 0.429. The van der Waals surface area contributed by atoms with E-state index in [1.54, 1.807) is 71.9 Å². The smallest absolute Gasteiger partial charge is 0.338 e. The molecule has 0 fully saturated rings. The first-order chi connectivity index (χ1) is 20.6. The molecule has 0 saturated carbocycles. The Balaban J connectivity index is 1.51. The fourth-order valence-electron chi connectivity index (χ4n) is 5.25. The van der Waals surface area contributed by atoms with Gasteiger partial charge in [-0.1, -0.05) is 18.2 Å². The van der Waals surface area contributed by atoms with Crippen molar-refractivity contribution in [1.29, 1.82) is 0 Å². The zero-order chi connectivity index (χ0) is 32.2. The fourth-order valence-corrected chi connectivity index (χ4v) is 5.25. The Morgan fingerprint density at radius 3 is 2.00 bits per heavy atom. The van der Waals surface area contributed by atoms with Crippen LogP contribution in [-0.2, 0) is 28.9 Å². The first-order valence-corrected chi connectivity index (χ1v) is 14.9. The van der Waals surface area contributed by atoms with Crippen LogP contribution in [0.25, 0.3) is 0 Å². The number of halogens is 2. The van der Waals surface area contributed by atoms with Gasteiger partial charge in [0.25, 0.3) is 0 Å². The van der Waals surface area contributed by atoms with Crippen molar-refractivity contribution in [2.24, 2.45) is 5.73 Å². The largest absolute Gasteiger partial charge is 0.456 e. The van der Waals surface area contributed by atoms with E-state index in [0.29, 0.717) is 38.0 Å². The summed E-state index contributed by atoms with van der Waals surface area (Å²) >= 11 is 0. The maximum atomic E-state index is 14.0. The van der Waals surface area contributed by atoms with Crippen LogP contribution in [0.2, 0.25) is 0 Å². The highest BCUT2D eigenvalue weighted by Gasteiger charge is 2.27. The van der Waals surface area contributed by atoms with Crippen molar-refractivity contribution in [2.75, 3.05) is 13.1 Å². The van der Waals surface area contributed by atoms with Crippen LogP contribution in [0.5, 0.6) is 0 Å². The Hall–Kier alpha value is -3.66. The third-order valence-electron chi connectivity index (χ3n) is 7.25. The molecule has 3 N–H and O–H groups in total. The van der Waals surface area contributed by atoms with Gasteiger partial charge in [-0.2, -0.15) is 0 Å². The van der Waals surface area contributed by atoms with Crippen molar-refractivity contribution in [3.05, 3.63) is 106 Å². The number of nitrogens with one attached hydrogen (secondary N) is 1. The minimum atomic E-state index is -0.719. The van der Waals surface area contributed by atoms with Gasteiger partial charge in [-0.05, 0) is 119 Å². The average molecular weight is 608 g/mol. The van der Waals surface area contributed by atoms with Gasteiger partial charge in [0.15, 0.2) is 0 Å². The third kappa shape index (κ3) is 9.42. The molecule has 1 aliphatic rings. The van der Waals surface area contributed by atoms with E-state index in [9.17, 15) is 18.4 Å². The van der Waals surface area contributed by atoms with E-state index in [1.165, 1.54) is 24.3 Å². The number of ether oxygens (including phenoxy) is 2. The summed E-state index contributed by atoms with van der Waals surface area (Å²) in [6, 6.07) is 16.2. The lowest BCUT2D eigenvalue weighted by Gasteiger charge is -2.37. The number of hydrogen-bond acceptors (Lipinski definition) is 7. The quantitative estimate of drug-likeness (QED) is 0.225. The molecule has 1 heterocycles. The van der Waals surface area contributed by atoms with Crippen molar-refractivity contribution in [2.45, 2.75) is 84.3 Å². The summed E-state index contributed by atoms with van der Waals surface area (Å²) in [5.74, 6) is -1.68. The Labute approximate surface area is 258 Å². The lowest BCUT2D eigenvalue weighted by molar-refractivity contribution is 0.00676. The van der Waals surface area contributed by atoms with Crippen molar-refractivity contribution in [1.82, 2.24) is 10.2 Å². The number of hydrogen-bond donors (Lipinski definition) is 2. The van der Waals surface area contributed by atoms with Crippen LogP contribution in [0.1, 0.15) is 90.7 Å². The Morgan fingerprint density at radius 2 is 1.43 bits per heavy atom. The van der Waals surface area contributed by atoms with Gasteiger partial charge in [0, 0.05) is 25.7 Å². The predicted molar refractivity (Wildman–Crippen MR) is 166 cm³/mol. The minimum absolute atomic E-state index is 0.0713. The van der Waals surface area contributed by atoms with E-state index >= 15 is 0 Å². The summed E-state index contributed by atoms with van der Waals surface area (Å²) in [6.45, 7) is 12.4. The van der Waals surface area contributed by atoms with E-state index in [2.05, 4.69) is 10.2 Å².